The van der Waals surface area contributed by atoms with E-state index >= 15 is 0 Å². The van der Waals surface area contributed by atoms with Crippen molar-refractivity contribution < 1.29 is 0 Å². The van der Waals surface area contributed by atoms with Gasteiger partial charge in [0.25, 0.3) is 0 Å². The zero-order chi connectivity index (χ0) is 45.3. The lowest BCUT2D eigenvalue weighted by atomic mass is 9.43. The van der Waals surface area contributed by atoms with Crippen LogP contribution in [0.1, 0.15) is 54.4 Å². The maximum absolute atomic E-state index is 9.63. The van der Waals surface area contributed by atoms with Gasteiger partial charge >= 0.3 is 0 Å². The Morgan fingerprint density at radius 3 is 1.21 bits per heavy atom. The van der Waals surface area contributed by atoms with Crippen LogP contribution in [-0.4, -0.2) is 29.9 Å². The van der Waals surface area contributed by atoms with Crippen LogP contribution >= 0.6 is 0 Å². The van der Waals surface area contributed by atoms with Gasteiger partial charge in [-0.25, -0.2) is 29.9 Å². The highest BCUT2D eigenvalue weighted by Gasteiger charge is 2.61. The number of hydrogen-bond acceptors (Lipinski definition) is 8. The van der Waals surface area contributed by atoms with Gasteiger partial charge < -0.3 is 0 Å². The number of benzene rings is 7. The van der Waals surface area contributed by atoms with E-state index in [0.717, 1.165) is 56.3 Å². The van der Waals surface area contributed by atoms with Gasteiger partial charge in [0.1, 0.15) is 0 Å². The van der Waals surface area contributed by atoms with Gasteiger partial charge in [-0.05, 0) is 156 Å². The van der Waals surface area contributed by atoms with Gasteiger partial charge in [-0.1, -0.05) is 103 Å². The van der Waals surface area contributed by atoms with E-state index in [4.69, 9.17) is 29.9 Å². The van der Waals surface area contributed by atoms with Crippen molar-refractivity contribution in [2.75, 3.05) is 0 Å². The molecule has 1 spiro atoms. The molecule has 0 atom stereocenters. The summed E-state index contributed by atoms with van der Waals surface area (Å²) >= 11 is 0. The van der Waals surface area contributed by atoms with Crippen molar-refractivity contribution in [3.63, 3.8) is 0 Å². The molecule has 4 bridgehead atoms. The minimum absolute atomic E-state index is 0.000614. The van der Waals surface area contributed by atoms with Gasteiger partial charge in [-0.15, -0.1) is 0 Å². The van der Waals surface area contributed by atoms with Crippen LogP contribution in [0.15, 0.2) is 170 Å². The van der Waals surface area contributed by atoms with E-state index < -0.39 is 0 Å². The first-order chi connectivity index (χ1) is 33.5. The lowest BCUT2D eigenvalue weighted by Gasteiger charge is -2.61. The van der Waals surface area contributed by atoms with Crippen LogP contribution in [0.25, 0.3) is 90.6 Å². The molecule has 9 aromatic rings. The highest BCUT2D eigenvalue weighted by atomic mass is 15.0. The molecular formula is C60H42N8. The van der Waals surface area contributed by atoms with Crippen LogP contribution in [0, 0.1) is 46.3 Å². The van der Waals surface area contributed by atoms with E-state index in [2.05, 4.69) is 72.8 Å². The summed E-state index contributed by atoms with van der Waals surface area (Å²) in [6.07, 6.45) is 6.62. The normalized spacial score (nSPS) is 20.4. The lowest BCUT2D eigenvalue weighted by molar-refractivity contribution is -0.0399. The summed E-state index contributed by atoms with van der Waals surface area (Å²) in [5.74, 6) is 6.00. The lowest BCUT2D eigenvalue weighted by Crippen LogP contribution is -2.55. The van der Waals surface area contributed by atoms with E-state index in [0.29, 0.717) is 57.9 Å². The second-order valence-corrected chi connectivity index (χ2v) is 19.0. The highest BCUT2D eigenvalue weighted by Crippen LogP contribution is 2.70. The van der Waals surface area contributed by atoms with Crippen LogP contribution < -0.4 is 0 Å². The van der Waals surface area contributed by atoms with Crippen molar-refractivity contribution in [1.29, 1.82) is 10.5 Å². The Morgan fingerprint density at radius 2 is 0.735 bits per heavy atom. The van der Waals surface area contributed by atoms with Crippen molar-refractivity contribution in [1.82, 2.24) is 29.9 Å². The molecule has 5 aliphatic rings. The zero-order valence-corrected chi connectivity index (χ0v) is 37.1. The Kier molecular flexibility index (Phi) is 9.30. The first kappa shape index (κ1) is 39.9. The zero-order valence-electron chi connectivity index (χ0n) is 37.1. The van der Waals surface area contributed by atoms with Gasteiger partial charge in [-0.3, -0.25) is 0 Å². The molecule has 4 fully saturated rings. The molecular weight excluding hydrogens is 833 g/mol. The molecule has 7 aromatic carbocycles. The molecule has 0 saturated heterocycles. The SMILES string of the molecule is N#Cc1ccc(-c2nc(-c3ccccc3)nc(-c3cc(-c4nc(-c5ccccc5)nc(-c5ccc(C#N)cc5)n4)cc(-c4cccc5c4-c4ccccc4C54C5CC6CC(C5)CC4C6)c3)n2)cc1. The molecule has 14 rings (SSSR count). The summed E-state index contributed by atoms with van der Waals surface area (Å²) in [7, 11) is 0. The summed E-state index contributed by atoms with van der Waals surface area (Å²) in [6.45, 7) is 0. The third-order valence-corrected chi connectivity index (χ3v) is 15.2. The molecule has 8 heteroatoms. The van der Waals surface area contributed by atoms with Gasteiger partial charge in [0.05, 0.1) is 23.3 Å². The quantitative estimate of drug-likeness (QED) is 0.155. The number of fused-ring (bicyclic) bond motifs is 3. The smallest absolute Gasteiger partial charge is 0.164 e. The maximum atomic E-state index is 9.63. The first-order valence-electron chi connectivity index (χ1n) is 23.6. The first-order valence-corrected chi connectivity index (χ1v) is 23.6. The fourth-order valence-corrected chi connectivity index (χ4v) is 12.6. The number of nitrogens with zero attached hydrogens (tertiary/aromatic N) is 8. The summed E-state index contributed by atoms with van der Waals surface area (Å²) in [6, 6.07) is 61.9. The standard InChI is InChI=1S/C60H42N8/c61-34-36-18-22-42(23-19-36)56-63-54(40-10-3-1-4-11-40)65-58(67-56)45-31-44(32-46(33-45)59-66-55(41-12-5-2-6-13-41)64-57(68-59)43-24-20-37(35-62)21-25-43)49-15-9-17-52-53(49)50-14-7-8-16-51(50)60(52)47-27-38-26-39(29-47)30-48(60)28-38/h1-25,31-33,38-39,47-48H,26-30H2. The minimum Gasteiger partial charge on any atom is -0.208 e. The van der Waals surface area contributed by atoms with Crippen LogP contribution in [0.2, 0.25) is 0 Å². The maximum Gasteiger partial charge on any atom is 0.164 e. The Labute approximate surface area is 394 Å². The van der Waals surface area contributed by atoms with Crippen LogP contribution in [0.5, 0.6) is 0 Å². The van der Waals surface area contributed by atoms with Crippen LogP contribution in [-0.2, 0) is 5.41 Å². The number of rotatable bonds is 7. The van der Waals surface area contributed by atoms with Gasteiger partial charge in [0, 0.05) is 38.8 Å². The molecule has 2 heterocycles. The predicted molar refractivity (Wildman–Crippen MR) is 264 cm³/mol. The molecule has 322 valence electrons. The molecule has 68 heavy (non-hydrogen) atoms. The largest absolute Gasteiger partial charge is 0.208 e. The Morgan fingerprint density at radius 1 is 0.353 bits per heavy atom. The average molecular weight is 875 g/mol. The summed E-state index contributed by atoms with van der Waals surface area (Å²) in [4.78, 5) is 30.9. The highest BCUT2D eigenvalue weighted by molar-refractivity contribution is 5.95. The molecule has 0 radical (unpaired) electrons. The fraction of sp³-hybridized carbons (Fsp3) is 0.167. The van der Waals surface area contributed by atoms with E-state index in [1.807, 2.05) is 84.9 Å². The van der Waals surface area contributed by atoms with Gasteiger partial charge in [-0.2, -0.15) is 10.5 Å². The second kappa shape index (κ2) is 15.9. The molecule has 0 aliphatic heterocycles. The van der Waals surface area contributed by atoms with E-state index in [1.165, 1.54) is 54.4 Å². The monoisotopic (exact) mass is 874 g/mol. The van der Waals surface area contributed by atoms with Crippen molar-refractivity contribution in [2.24, 2.45) is 23.7 Å². The van der Waals surface area contributed by atoms with Crippen molar-refractivity contribution in [3.05, 3.63) is 192 Å². The van der Waals surface area contributed by atoms with Gasteiger partial charge in [0.2, 0.25) is 0 Å². The Balaban J connectivity index is 1.07. The van der Waals surface area contributed by atoms with Crippen LogP contribution in [0.4, 0.5) is 0 Å². The third kappa shape index (κ3) is 6.48. The predicted octanol–water partition coefficient (Wildman–Crippen LogP) is 13.2. The summed E-state index contributed by atoms with van der Waals surface area (Å²) in [5.41, 5.74) is 13.7. The number of aromatic nitrogens is 6. The van der Waals surface area contributed by atoms with E-state index in [-0.39, 0.29) is 5.41 Å². The molecule has 5 aliphatic carbocycles. The minimum atomic E-state index is -0.000614. The molecule has 0 N–H and O–H groups in total. The Bertz CT molecular complexity index is 3340. The van der Waals surface area contributed by atoms with Crippen molar-refractivity contribution in [3.8, 4) is 103 Å². The van der Waals surface area contributed by atoms with E-state index in [9.17, 15) is 10.5 Å². The number of hydrogen-bond donors (Lipinski definition) is 0. The number of nitriles is 2. The fourth-order valence-electron chi connectivity index (χ4n) is 12.6. The molecule has 8 nitrogen and oxygen atoms in total. The average Bonchev–Trinajstić information content (AvgIpc) is 3.71. The van der Waals surface area contributed by atoms with Crippen molar-refractivity contribution >= 4 is 0 Å². The topological polar surface area (TPSA) is 125 Å². The second-order valence-electron chi connectivity index (χ2n) is 19.0. The summed E-state index contributed by atoms with van der Waals surface area (Å²) in [5, 5.41) is 19.3. The Hall–Kier alpha value is -8.46. The van der Waals surface area contributed by atoms with Crippen molar-refractivity contribution in [2.45, 2.75) is 37.5 Å². The van der Waals surface area contributed by atoms with Crippen LogP contribution in [0.3, 0.4) is 0 Å². The molecule has 4 saturated carbocycles. The molecule has 2 aromatic heterocycles. The molecule has 0 unspecified atom stereocenters. The van der Waals surface area contributed by atoms with Gasteiger partial charge in [0.15, 0.2) is 34.9 Å². The van der Waals surface area contributed by atoms with E-state index in [1.54, 1.807) is 24.3 Å². The molecule has 0 amide bonds. The summed E-state index contributed by atoms with van der Waals surface area (Å²) < 4.78 is 0. The third-order valence-electron chi connectivity index (χ3n) is 15.2.